The second-order valence-corrected chi connectivity index (χ2v) is 3.88. The lowest BCUT2D eigenvalue weighted by atomic mass is 10.0. The Bertz CT molecular complexity index is 293. The van der Waals surface area contributed by atoms with Gasteiger partial charge in [-0.2, -0.15) is 0 Å². The van der Waals surface area contributed by atoms with E-state index in [1.54, 1.807) is 0 Å². The minimum absolute atomic E-state index is 0.0595. The average Bonchev–Trinajstić information content (AvgIpc) is 2.32. The molecule has 0 aliphatic carbocycles. The van der Waals surface area contributed by atoms with E-state index in [-0.39, 0.29) is 12.6 Å². The third-order valence-electron chi connectivity index (χ3n) is 2.89. The number of rotatable bonds is 6. The van der Waals surface area contributed by atoms with Gasteiger partial charge >= 0.3 is 0 Å². The second-order valence-electron chi connectivity index (χ2n) is 3.88. The molecule has 0 heterocycles. The number of hydrogen-bond acceptors (Lipinski definition) is 3. The first-order valence-electron chi connectivity index (χ1n) is 5.94. The van der Waals surface area contributed by atoms with Crippen molar-refractivity contribution in [2.24, 2.45) is 5.73 Å². The van der Waals surface area contributed by atoms with Crippen molar-refractivity contribution in [3.8, 4) is 0 Å². The van der Waals surface area contributed by atoms with Crippen molar-refractivity contribution in [1.82, 2.24) is 0 Å². The summed E-state index contributed by atoms with van der Waals surface area (Å²) in [5.41, 5.74) is 8.24. The molecule has 3 heteroatoms. The van der Waals surface area contributed by atoms with E-state index in [1.807, 2.05) is 12.1 Å². The van der Waals surface area contributed by atoms with E-state index in [4.69, 9.17) is 10.8 Å². The highest BCUT2D eigenvalue weighted by Crippen LogP contribution is 2.19. The maximum Gasteiger partial charge on any atom is 0.0449 e. The molecule has 0 saturated carbocycles. The molecule has 0 fully saturated rings. The molecule has 0 spiro atoms. The zero-order valence-electron chi connectivity index (χ0n) is 10.2. The quantitative estimate of drug-likeness (QED) is 0.773. The van der Waals surface area contributed by atoms with Gasteiger partial charge in [-0.1, -0.05) is 12.1 Å². The van der Waals surface area contributed by atoms with E-state index in [0.717, 1.165) is 18.7 Å². The summed E-state index contributed by atoms with van der Waals surface area (Å²) in [5, 5.41) is 8.83. The molecule has 16 heavy (non-hydrogen) atoms. The number of hydrogen-bond donors (Lipinski definition) is 2. The zero-order valence-corrected chi connectivity index (χ0v) is 10.2. The van der Waals surface area contributed by atoms with Gasteiger partial charge in [0.15, 0.2) is 0 Å². The van der Waals surface area contributed by atoms with Gasteiger partial charge in [-0.05, 0) is 38.0 Å². The summed E-state index contributed by atoms with van der Waals surface area (Å²) in [6.07, 6.45) is 0.616. The van der Waals surface area contributed by atoms with Crippen molar-refractivity contribution < 1.29 is 5.11 Å². The molecule has 1 rings (SSSR count). The summed E-state index contributed by atoms with van der Waals surface area (Å²) in [4.78, 5) is 2.29. The van der Waals surface area contributed by atoms with Crippen molar-refractivity contribution in [3.63, 3.8) is 0 Å². The monoisotopic (exact) mass is 222 g/mol. The Morgan fingerprint density at radius 3 is 2.19 bits per heavy atom. The summed E-state index contributed by atoms with van der Waals surface area (Å²) in [6.45, 7) is 6.46. The molecule has 1 aromatic rings. The first-order valence-corrected chi connectivity index (χ1v) is 5.94. The SMILES string of the molecule is CCN(CC)c1ccc([C@@H](N)CCO)cc1. The molecule has 3 nitrogen and oxygen atoms in total. The van der Waals surface area contributed by atoms with Crippen molar-refractivity contribution in [3.05, 3.63) is 29.8 Å². The van der Waals surface area contributed by atoms with E-state index in [9.17, 15) is 0 Å². The van der Waals surface area contributed by atoms with Crippen LogP contribution in [-0.2, 0) is 0 Å². The Kier molecular flexibility index (Phi) is 5.29. The molecular formula is C13H22N2O. The molecule has 1 atom stereocenters. The summed E-state index contributed by atoms with van der Waals surface area (Å²) in [5.74, 6) is 0. The Balaban J connectivity index is 2.74. The number of anilines is 1. The van der Waals surface area contributed by atoms with Gasteiger partial charge < -0.3 is 15.7 Å². The van der Waals surface area contributed by atoms with Crippen LogP contribution in [0.25, 0.3) is 0 Å². The molecule has 0 aliphatic heterocycles. The van der Waals surface area contributed by atoms with Crippen LogP contribution >= 0.6 is 0 Å². The van der Waals surface area contributed by atoms with Crippen LogP contribution in [0, 0.1) is 0 Å². The highest BCUT2D eigenvalue weighted by molar-refractivity contribution is 5.47. The zero-order chi connectivity index (χ0) is 12.0. The van der Waals surface area contributed by atoms with E-state index in [0.29, 0.717) is 6.42 Å². The molecule has 0 saturated heterocycles. The third kappa shape index (κ3) is 3.22. The number of nitrogens with zero attached hydrogens (tertiary/aromatic N) is 1. The van der Waals surface area contributed by atoms with E-state index in [1.165, 1.54) is 5.69 Å². The fourth-order valence-corrected chi connectivity index (χ4v) is 1.83. The fraction of sp³-hybridized carbons (Fsp3) is 0.538. The van der Waals surface area contributed by atoms with Gasteiger partial charge in [0, 0.05) is 31.4 Å². The van der Waals surface area contributed by atoms with E-state index in [2.05, 4.69) is 30.9 Å². The summed E-state index contributed by atoms with van der Waals surface area (Å²) in [6, 6.07) is 8.23. The van der Waals surface area contributed by atoms with Crippen molar-refractivity contribution >= 4 is 5.69 Å². The molecule has 0 bridgehead atoms. The molecule has 1 aromatic carbocycles. The normalized spacial score (nSPS) is 12.5. The van der Waals surface area contributed by atoms with Gasteiger partial charge in [0.05, 0.1) is 0 Å². The highest BCUT2D eigenvalue weighted by Gasteiger charge is 2.06. The summed E-state index contributed by atoms with van der Waals surface area (Å²) >= 11 is 0. The van der Waals surface area contributed by atoms with Crippen LogP contribution < -0.4 is 10.6 Å². The predicted octanol–water partition coefficient (Wildman–Crippen LogP) is 1.92. The predicted molar refractivity (Wildman–Crippen MR) is 68.6 cm³/mol. The van der Waals surface area contributed by atoms with Gasteiger partial charge in [0.2, 0.25) is 0 Å². The topological polar surface area (TPSA) is 49.5 Å². The van der Waals surface area contributed by atoms with Crippen molar-refractivity contribution in [2.45, 2.75) is 26.3 Å². The van der Waals surface area contributed by atoms with Crippen LogP contribution in [0.5, 0.6) is 0 Å². The standard InChI is InChI=1S/C13H22N2O/c1-3-15(4-2)12-7-5-11(6-8-12)13(14)9-10-16/h5-8,13,16H,3-4,9-10,14H2,1-2H3/t13-/m0/s1. The minimum atomic E-state index is -0.0595. The van der Waals surface area contributed by atoms with Gasteiger partial charge in [-0.15, -0.1) is 0 Å². The maximum absolute atomic E-state index is 8.83. The number of aliphatic hydroxyl groups excluding tert-OH is 1. The Morgan fingerprint density at radius 1 is 1.19 bits per heavy atom. The van der Waals surface area contributed by atoms with Crippen LogP contribution in [-0.4, -0.2) is 24.8 Å². The number of nitrogens with two attached hydrogens (primary N) is 1. The Hall–Kier alpha value is -1.06. The lowest BCUT2D eigenvalue weighted by Crippen LogP contribution is -2.21. The summed E-state index contributed by atoms with van der Waals surface area (Å²) in [7, 11) is 0. The first-order chi connectivity index (χ1) is 7.72. The number of benzene rings is 1. The molecule has 3 N–H and O–H groups in total. The highest BCUT2D eigenvalue weighted by atomic mass is 16.3. The molecule has 0 radical (unpaired) electrons. The van der Waals surface area contributed by atoms with E-state index >= 15 is 0 Å². The second kappa shape index (κ2) is 6.51. The van der Waals surface area contributed by atoms with Crippen LogP contribution in [0.1, 0.15) is 31.9 Å². The Labute approximate surface area is 97.9 Å². The lowest BCUT2D eigenvalue weighted by molar-refractivity contribution is 0.276. The molecule has 0 amide bonds. The average molecular weight is 222 g/mol. The van der Waals surface area contributed by atoms with Gasteiger partial charge in [-0.25, -0.2) is 0 Å². The third-order valence-corrected chi connectivity index (χ3v) is 2.89. The van der Waals surface area contributed by atoms with E-state index < -0.39 is 0 Å². The summed E-state index contributed by atoms with van der Waals surface area (Å²) < 4.78 is 0. The molecule has 0 unspecified atom stereocenters. The minimum Gasteiger partial charge on any atom is -0.396 e. The smallest absolute Gasteiger partial charge is 0.0449 e. The van der Waals surface area contributed by atoms with Crippen molar-refractivity contribution in [1.29, 1.82) is 0 Å². The van der Waals surface area contributed by atoms with Crippen LogP contribution in [0.3, 0.4) is 0 Å². The number of aliphatic hydroxyl groups is 1. The largest absolute Gasteiger partial charge is 0.396 e. The fourth-order valence-electron chi connectivity index (χ4n) is 1.83. The Morgan fingerprint density at radius 2 is 1.75 bits per heavy atom. The first kappa shape index (κ1) is 13.0. The van der Waals surface area contributed by atoms with Crippen LogP contribution in [0.2, 0.25) is 0 Å². The molecule has 0 aromatic heterocycles. The van der Waals surface area contributed by atoms with Gasteiger partial charge in [0.1, 0.15) is 0 Å². The van der Waals surface area contributed by atoms with Crippen LogP contribution in [0.4, 0.5) is 5.69 Å². The maximum atomic E-state index is 8.83. The van der Waals surface area contributed by atoms with Gasteiger partial charge in [0.25, 0.3) is 0 Å². The van der Waals surface area contributed by atoms with Gasteiger partial charge in [-0.3, -0.25) is 0 Å². The molecule has 0 aliphatic rings. The molecular weight excluding hydrogens is 200 g/mol. The molecule has 90 valence electrons. The van der Waals surface area contributed by atoms with Crippen molar-refractivity contribution in [2.75, 3.05) is 24.6 Å². The van der Waals surface area contributed by atoms with Crippen LogP contribution in [0.15, 0.2) is 24.3 Å². The lowest BCUT2D eigenvalue weighted by Gasteiger charge is -2.21.